The van der Waals surface area contributed by atoms with Crippen LogP contribution in [0.1, 0.15) is 17.0 Å². The summed E-state index contributed by atoms with van der Waals surface area (Å²) in [6.45, 7) is 5.27. The second-order valence-corrected chi connectivity index (χ2v) is 5.44. The maximum atomic E-state index is 5.75. The van der Waals surface area contributed by atoms with Gasteiger partial charge in [-0.2, -0.15) is 0 Å². The van der Waals surface area contributed by atoms with Gasteiger partial charge in [0.25, 0.3) is 0 Å². The van der Waals surface area contributed by atoms with E-state index in [1.807, 2.05) is 25.1 Å². The van der Waals surface area contributed by atoms with Gasteiger partial charge in [0.1, 0.15) is 5.75 Å². The molecule has 0 atom stereocenters. The molecule has 4 heteroatoms. The largest absolute Gasteiger partial charge is 0.497 e. The number of hydrogen-bond donors (Lipinski definition) is 1. The lowest BCUT2D eigenvalue weighted by molar-refractivity contribution is 0.272. The van der Waals surface area contributed by atoms with Gasteiger partial charge in [-0.25, -0.2) is 0 Å². The van der Waals surface area contributed by atoms with Crippen LogP contribution < -0.4 is 10.5 Å². The Hall–Kier alpha value is -1.91. The van der Waals surface area contributed by atoms with Gasteiger partial charge >= 0.3 is 0 Å². The molecule has 0 aliphatic carbocycles. The SMILES string of the molecule is COc1cc(C)nc(CN(CCN)CCc2ccccc2)c1. The van der Waals surface area contributed by atoms with Crippen molar-refractivity contribution < 1.29 is 4.74 Å². The van der Waals surface area contributed by atoms with Gasteiger partial charge in [0.2, 0.25) is 0 Å². The molecule has 2 aromatic rings. The highest BCUT2D eigenvalue weighted by atomic mass is 16.5. The van der Waals surface area contributed by atoms with Gasteiger partial charge in [0.05, 0.1) is 12.8 Å². The Kier molecular flexibility index (Phi) is 6.37. The number of pyridine rings is 1. The standard InChI is InChI=1S/C18H25N3O/c1-15-12-18(22-2)13-17(20-15)14-21(11-9-19)10-8-16-6-4-3-5-7-16/h3-7,12-13H,8-11,14,19H2,1-2H3. The molecule has 1 aromatic heterocycles. The maximum absolute atomic E-state index is 5.75. The van der Waals surface area contributed by atoms with E-state index in [-0.39, 0.29) is 0 Å². The quantitative estimate of drug-likeness (QED) is 0.813. The van der Waals surface area contributed by atoms with E-state index < -0.39 is 0 Å². The third kappa shape index (κ3) is 5.13. The van der Waals surface area contributed by atoms with Crippen molar-refractivity contribution in [3.63, 3.8) is 0 Å². The van der Waals surface area contributed by atoms with Crippen molar-refractivity contribution in [2.24, 2.45) is 5.73 Å². The van der Waals surface area contributed by atoms with Crippen LogP contribution in [0.3, 0.4) is 0 Å². The molecule has 0 spiro atoms. The second kappa shape index (κ2) is 8.51. The minimum atomic E-state index is 0.651. The molecule has 0 saturated carbocycles. The molecule has 1 aromatic carbocycles. The monoisotopic (exact) mass is 299 g/mol. The number of hydrogen-bond acceptors (Lipinski definition) is 4. The fraction of sp³-hybridized carbons (Fsp3) is 0.389. The van der Waals surface area contributed by atoms with E-state index in [4.69, 9.17) is 10.5 Å². The molecule has 22 heavy (non-hydrogen) atoms. The summed E-state index contributed by atoms with van der Waals surface area (Å²) in [5.74, 6) is 0.859. The Bertz CT molecular complexity index is 572. The van der Waals surface area contributed by atoms with Gasteiger partial charge in [-0.05, 0) is 18.9 Å². The Labute approximate surface area is 132 Å². The van der Waals surface area contributed by atoms with Crippen molar-refractivity contribution in [2.75, 3.05) is 26.7 Å². The second-order valence-electron chi connectivity index (χ2n) is 5.44. The number of ether oxygens (including phenoxy) is 1. The summed E-state index contributed by atoms with van der Waals surface area (Å²) in [6, 6.07) is 14.5. The lowest BCUT2D eigenvalue weighted by Crippen LogP contribution is -2.31. The lowest BCUT2D eigenvalue weighted by Gasteiger charge is -2.21. The molecule has 0 unspecified atom stereocenters. The zero-order valence-corrected chi connectivity index (χ0v) is 13.5. The summed E-state index contributed by atoms with van der Waals surface area (Å²) in [5, 5.41) is 0. The van der Waals surface area contributed by atoms with E-state index >= 15 is 0 Å². The molecule has 2 N–H and O–H groups in total. The van der Waals surface area contributed by atoms with E-state index in [1.165, 1.54) is 5.56 Å². The average molecular weight is 299 g/mol. The van der Waals surface area contributed by atoms with Crippen LogP contribution in [-0.2, 0) is 13.0 Å². The molecule has 2 rings (SSSR count). The number of aryl methyl sites for hydroxylation is 1. The molecule has 1 heterocycles. The minimum absolute atomic E-state index is 0.651. The van der Waals surface area contributed by atoms with E-state index in [2.05, 4.69) is 34.1 Å². The van der Waals surface area contributed by atoms with Crippen LogP contribution in [0.15, 0.2) is 42.5 Å². The van der Waals surface area contributed by atoms with Crippen LogP contribution in [0.25, 0.3) is 0 Å². The summed E-state index contributed by atoms with van der Waals surface area (Å²) < 4.78 is 5.32. The maximum Gasteiger partial charge on any atom is 0.122 e. The number of benzene rings is 1. The highest BCUT2D eigenvalue weighted by molar-refractivity contribution is 5.26. The van der Waals surface area contributed by atoms with Crippen LogP contribution in [0, 0.1) is 6.92 Å². The van der Waals surface area contributed by atoms with Gasteiger partial charge in [0.15, 0.2) is 0 Å². The lowest BCUT2D eigenvalue weighted by atomic mass is 10.1. The predicted molar refractivity (Wildman–Crippen MR) is 90.0 cm³/mol. The topological polar surface area (TPSA) is 51.4 Å². The molecule has 4 nitrogen and oxygen atoms in total. The Balaban J connectivity index is 2.00. The third-order valence-electron chi connectivity index (χ3n) is 3.61. The Morgan fingerprint density at radius 1 is 1.14 bits per heavy atom. The average Bonchev–Trinajstić information content (AvgIpc) is 2.53. The predicted octanol–water partition coefficient (Wildman–Crippen LogP) is 2.40. The van der Waals surface area contributed by atoms with Crippen molar-refractivity contribution in [3.8, 4) is 5.75 Å². The Morgan fingerprint density at radius 2 is 1.91 bits per heavy atom. The first-order valence-electron chi connectivity index (χ1n) is 7.69. The van der Waals surface area contributed by atoms with Gasteiger partial charge in [-0.3, -0.25) is 9.88 Å². The first kappa shape index (κ1) is 16.5. The van der Waals surface area contributed by atoms with Gasteiger partial charge in [0, 0.05) is 44.0 Å². The molecule has 0 aliphatic rings. The van der Waals surface area contributed by atoms with Crippen molar-refractivity contribution >= 4 is 0 Å². The van der Waals surface area contributed by atoms with E-state index in [0.717, 1.165) is 43.2 Å². The molecule has 0 aliphatic heterocycles. The molecular weight excluding hydrogens is 274 g/mol. The molecule has 118 valence electrons. The smallest absolute Gasteiger partial charge is 0.122 e. The first-order valence-corrected chi connectivity index (χ1v) is 7.69. The number of aromatic nitrogens is 1. The molecular formula is C18H25N3O. The van der Waals surface area contributed by atoms with Gasteiger partial charge in [-0.15, -0.1) is 0 Å². The highest BCUT2D eigenvalue weighted by Crippen LogP contribution is 2.15. The fourth-order valence-corrected chi connectivity index (χ4v) is 2.52. The molecule has 0 amide bonds. The molecule has 0 radical (unpaired) electrons. The van der Waals surface area contributed by atoms with Crippen LogP contribution >= 0.6 is 0 Å². The van der Waals surface area contributed by atoms with Crippen molar-refractivity contribution in [1.29, 1.82) is 0 Å². The number of nitrogens with two attached hydrogens (primary N) is 1. The fourth-order valence-electron chi connectivity index (χ4n) is 2.52. The summed E-state index contributed by atoms with van der Waals surface area (Å²) >= 11 is 0. The summed E-state index contributed by atoms with van der Waals surface area (Å²) in [5.41, 5.74) is 9.10. The first-order chi connectivity index (χ1) is 10.7. The van der Waals surface area contributed by atoms with Crippen LogP contribution in [0.2, 0.25) is 0 Å². The number of methoxy groups -OCH3 is 1. The number of rotatable bonds is 8. The van der Waals surface area contributed by atoms with Crippen LogP contribution in [0.4, 0.5) is 0 Å². The third-order valence-corrected chi connectivity index (χ3v) is 3.61. The van der Waals surface area contributed by atoms with Crippen molar-refractivity contribution in [3.05, 3.63) is 59.4 Å². The van der Waals surface area contributed by atoms with E-state index in [1.54, 1.807) is 7.11 Å². The van der Waals surface area contributed by atoms with E-state index in [9.17, 15) is 0 Å². The normalized spacial score (nSPS) is 10.9. The minimum Gasteiger partial charge on any atom is -0.497 e. The summed E-state index contributed by atoms with van der Waals surface area (Å²) in [6.07, 6.45) is 1.02. The molecule has 0 fully saturated rings. The van der Waals surface area contributed by atoms with Gasteiger partial charge in [-0.1, -0.05) is 30.3 Å². The van der Waals surface area contributed by atoms with Crippen molar-refractivity contribution in [2.45, 2.75) is 19.9 Å². The summed E-state index contributed by atoms with van der Waals surface area (Å²) in [4.78, 5) is 6.94. The molecule has 0 saturated heterocycles. The van der Waals surface area contributed by atoms with Gasteiger partial charge < -0.3 is 10.5 Å². The number of nitrogens with zero attached hydrogens (tertiary/aromatic N) is 2. The van der Waals surface area contributed by atoms with Crippen molar-refractivity contribution in [1.82, 2.24) is 9.88 Å². The molecule has 0 bridgehead atoms. The summed E-state index contributed by atoms with van der Waals surface area (Å²) in [7, 11) is 1.69. The van der Waals surface area contributed by atoms with Crippen LogP contribution in [0.5, 0.6) is 5.75 Å². The van der Waals surface area contributed by atoms with E-state index in [0.29, 0.717) is 6.54 Å². The Morgan fingerprint density at radius 3 is 2.59 bits per heavy atom. The van der Waals surface area contributed by atoms with Crippen LogP contribution in [-0.4, -0.2) is 36.6 Å². The zero-order chi connectivity index (χ0) is 15.8. The highest BCUT2D eigenvalue weighted by Gasteiger charge is 2.08. The zero-order valence-electron chi connectivity index (χ0n) is 13.5.